The summed E-state index contributed by atoms with van der Waals surface area (Å²) in [4.78, 5) is 32.8. The summed E-state index contributed by atoms with van der Waals surface area (Å²) < 4.78 is 26.2. The van der Waals surface area contributed by atoms with Gasteiger partial charge in [-0.15, -0.1) is 0 Å². The predicted octanol–water partition coefficient (Wildman–Crippen LogP) is 3.93. The molecule has 2 unspecified atom stereocenters. The van der Waals surface area contributed by atoms with Gasteiger partial charge in [-0.1, -0.05) is 20.4 Å². The molecular weight excluding hydrogens is 529 g/mol. The van der Waals surface area contributed by atoms with Gasteiger partial charge in [0.05, 0.1) is 19.3 Å². The normalized spacial score (nSPS) is 24.9. The number of hydrogen-bond acceptors (Lipinski definition) is 8. The second kappa shape index (κ2) is 11.5. The van der Waals surface area contributed by atoms with Crippen molar-refractivity contribution in [2.45, 2.75) is 82.5 Å². The standard InChI is InChI=1S/C29H40FN7O4/c1-17(2)24-14-32-37-26(12-25(34-27(24)37)33-20-6-8-40-9-7-20)31-13-19-10-21-4-5-22(11-19)36(21)29(39)41-23-15-35(16-23)28(38)18(3)30/h12,14,17,19-23,31H,3-11,13,15-16H2,1-2H3,(H,33,34). The molecule has 0 spiro atoms. The molecule has 0 aliphatic carbocycles. The van der Waals surface area contributed by atoms with Gasteiger partial charge in [0.25, 0.3) is 5.91 Å². The largest absolute Gasteiger partial charge is 0.442 e. The molecule has 4 fully saturated rings. The number of halogens is 1. The summed E-state index contributed by atoms with van der Waals surface area (Å²) in [6, 6.07) is 2.66. The smallest absolute Gasteiger partial charge is 0.410 e. The third-order valence-electron chi connectivity index (χ3n) is 8.94. The third-order valence-corrected chi connectivity index (χ3v) is 8.94. The van der Waals surface area contributed by atoms with Crippen molar-refractivity contribution in [3.8, 4) is 0 Å². The van der Waals surface area contributed by atoms with Gasteiger partial charge >= 0.3 is 6.09 Å². The number of rotatable bonds is 8. The highest BCUT2D eigenvalue weighted by molar-refractivity contribution is 5.91. The molecule has 12 heteroatoms. The van der Waals surface area contributed by atoms with Crippen LogP contribution >= 0.6 is 0 Å². The SMILES string of the molecule is C=C(F)C(=O)N1CC(OC(=O)N2C3CCC2CC(CNc2cc(NC4CCOCC4)nc4c(C(C)C)cnn24)C3)C1. The number of likely N-dealkylation sites (tertiary alicyclic amines) is 1. The van der Waals surface area contributed by atoms with Gasteiger partial charge in [0, 0.05) is 49.5 Å². The number of ether oxygens (including phenoxy) is 2. The summed E-state index contributed by atoms with van der Waals surface area (Å²) >= 11 is 0. The molecule has 2 atom stereocenters. The Morgan fingerprint density at radius 3 is 2.54 bits per heavy atom. The Bertz CT molecular complexity index is 1290. The van der Waals surface area contributed by atoms with Gasteiger partial charge in [-0.2, -0.15) is 9.61 Å². The Morgan fingerprint density at radius 2 is 1.88 bits per heavy atom. The van der Waals surface area contributed by atoms with E-state index < -0.39 is 17.8 Å². The third kappa shape index (κ3) is 5.71. The minimum Gasteiger partial charge on any atom is -0.442 e. The van der Waals surface area contributed by atoms with Crippen LogP contribution in [-0.2, 0) is 14.3 Å². The van der Waals surface area contributed by atoms with Crippen molar-refractivity contribution in [1.82, 2.24) is 24.4 Å². The molecular formula is C29H40FN7O4. The van der Waals surface area contributed by atoms with E-state index in [9.17, 15) is 14.0 Å². The second-order valence-corrected chi connectivity index (χ2v) is 12.2. The van der Waals surface area contributed by atoms with Gasteiger partial charge in [-0.3, -0.25) is 4.79 Å². The lowest BCUT2D eigenvalue weighted by atomic mass is 9.91. The number of aromatic nitrogens is 3. The van der Waals surface area contributed by atoms with Gasteiger partial charge < -0.3 is 29.9 Å². The van der Waals surface area contributed by atoms with Crippen LogP contribution in [0.2, 0.25) is 0 Å². The average Bonchev–Trinajstić information content (AvgIpc) is 3.47. The van der Waals surface area contributed by atoms with Gasteiger partial charge in [0.1, 0.15) is 17.7 Å². The summed E-state index contributed by atoms with van der Waals surface area (Å²) in [7, 11) is 0. The van der Waals surface area contributed by atoms with Crippen LogP contribution in [0.15, 0.2) is 24.7 Å². The van der Waals surface area contributed by atoms with Crippen molar-refractivity contribution in [3.63, 3.8) is 0 Å². The maximum atomic E-state index is 13.1. The van der Waals surface area contributed by atoms with Crippen LogP contribution in [-0.4, -0.2) is 93.5 Å². The Kier molecular flexibility index (Phi) is 7.76. The number of amides is 2. The molecule has 6 rings (SSSR count). The summed E-state index contributed by atoms with van der Waals surface area (Å²) in [5.74, 6) is 0.733. The predicted molar refractivity (Wildman–Crippen MR) is 151 cm³/mol. The molecule has 2 aromatic rings. The van der Waals surface area contributed by atoms with E-state index in [4.69, 9.17) is 14.5 Å². The van der Waals surface area contributed by atoms with Crippen molar-refractivity contribution in [1.29, 1.82) is 0 Å². The number of nitrogens with zero attached hydrogens (tertiary/aromatic N) is 5. The number of carbonyl (C=O) groups excluding carboxylic acids is 2. The van der Waals surface area contributed by atoms with E-state index in [-0.39, 0.29) is 31.3 Å². The summed E-state index contributed by atoms with van der Waals surface area (Å²) in [5.41, 5.74) is 1.98. The van der Waals surface area contributed by atoms with Crippen molar-refractivity contribution in [2.75, 3.05) is 43.5 Å². The zero-order valence-corrected chi connectivity index (χ0v) is 23.9. The highest BCUT2D eigenvalue weighted by atomic mass is 19.1. The van der Waals surface area contributed by atoms with Crippen molar-refractivity contribution < 1.29 is 23.5 Å². The fraction of sp³-hybridized carbons (Fsp3) is 0.655. The summed E-state index contributed by atoms with van der Waals surface area (Å²) in [6.45, 7) is 10.1. The second-order valence-electron chi connectivity index (χ2n) is 12.2. The molecule has 2 aromatic heterocycles. The van der Waals surface area contributed by atoms with E-state index in [1.54, 1.807) is 0 Å². The molecule has 41 heavy (non-hydrogen) atoms. The molecule has 0 saturated carbocycles. The lowest BCUT2D eigenvalue weighted by Crippen LogP contribution is -2.57. The molecule has 2 bridgehead atoms. The first-order valence-corrected chi connectivity index (χ1v) is 14.9. The van der Waals surface area contributed by atoms with E-state index in [1.807, 2.05) is 21.7 Å². The number of hydrogen-bond donors (Lipinski definition) is 2. The highest BCUT2D eigenvalue weighted by Gasteiger charge is 2.45. The van der Waals surface area contributed by atoms with E-state index >= 15 is 0 Å². The first kappa shape index (κ1) is 27.7. The number of anilines is 2. The van der Waals surface area contributed by atoms with Gasteiger partial charge in [0.2, 0.25) is 0 Å². The average molecular weight is 570 g/mol. The van der Waals surface area contributed by atoms with Crippen LogP contribution in [0.25, 0.3) is 5.65 Å². The molecule has 0 aromatic carbocycles. The number of piperidine rings is 1. The Labute approximate surface area is 239 Å². The first-order chi connectivity index (χ1) is 19.8. The van der Waals surface area contributed by atoms with Crippen LogP contribution in [0.1, 0.15) is 63.9 Å². The Hall–Kier alpha value is -3.41. The van der Waals surface area contributed by atoms with Gasteiger partial charge in [-0.05, 0) is 50.4 Å². The van der Waals surface area contributed by atoms with E-state index in [1.165, 1.54) is 4.90 Å². The number of nitrogens with one attached hydrogen (secondary N) is 2. The fourth-order valence-corrected chi connectivity index (χ4v) is 6.69. The van der Waals surface area contributed by atoms with Crippen molar-refractivity contribution >= 4 is 29.3 Å². The molecule has 222 valence electrons. The minimum absolute atomic E-state index is 0.136. The van der Waals surface area contributed by atoms with Crippen LogP contribution < -0.4 is 10.6 Å². The topological polar surface area (TPSA) is 113 Å². The molecule has 4 aliphatic heterocycles. The highest BCUT2D eigenvalue weighted by Crippen LogP contribution is 2.39. The maximum Gasteiger partial charge on any atom is 0.410 e. The van der Waals surface area contributed by atoms with E-state index in [0.29, 0.717) is 17.9 Å². The molecule has 11 nitrogen and oxygen atoms in total. The fourth-order valence-electron chi connectivity index (χ4n) is 6.69. The Balaban J connectivity index is 1.08. The van der Waals surface area contributed by atoms with E-state index in [2.05, 4.69) is 36.2 Å². The van der Waals surface area contributed by atoms with Crippen molar-refractivity contribution in [2.24, 2.45) is 5.92 Å². The van der Waals surface area contributed by atoms with Gasteiger partial charge in [0.15, 0.2) is 11.5 Å². The molecule has 6 heterocycles. The van der Waals surface area contributed by atoms with E-state index in [0.717, 1.165) is 81.1 Å². The number of fused-ring (bicyclic) bond motifs is 3. The molecule has 4 aliphatic rings. The molecule has 0 radical (unpaired) electrons. The first-order valence-electron chi connectivity index (χ1n) is 14.9. The molecule has 2 N–H and O–H groups in total. The Morgan fingerprint density at radius 1 is 1.17 bits per heavy atom. The summed E-state index contributed by atoms with van der Waals surface area (Å²) in [6.07, 6.45) is 6.82. The quantitative estimate of drug-likeness (QED) is 0.460. The van der Waals surface area contributed by atoms with Gasteiger partial charge in [-0.25, -0.2) is 14.2 Å². The van der Waals surface area contributed by atoms with Crippen LogP contribution in [0.5, 0.6) is 0 Å². The maximum absolute atomic E-state index is 13.1. The zero-order chi connectivity index (χ0) is 28.7. The number of carbonyl (C=O) groups is 2. The lowest BCUT2D eigenvalue weighted by Gasteiger charge is -2.42. The lowest BCUT2D eigenvalue weighted by molar-refractivity contribution is -0.139. The van der Waals surface area contributed by atoms with Crippen LogP contribution in [0.4, 0.5) is 20.8 Å². The summed E-state index contributed by atoms with van der Waals surface area (Å²) in [5, 5.41) is 11.9. The molecule has 2 amide bonds. The molecule has 4 saturated heterocycles. The minimum atomic E-state index is -0.990. The zero-order valence-electron chi connectivity index (χ0n) is 23.9. The van der Waals surface area contributed by atoms with Crippen molar-refractivity contribution in [3.05, 3.63) is 30.2 Å². The van der Waals surface area contributed by atoms with Crippen LogP contribution in [0, 0.1) is 5.92 Å². The van der Waals surface area contributed by atoms with Crippen LogP contribution in [0.3, 0.4) is 0 Å². The monoisotopic (exact) mass is 569 g/mol.